The Labute approximate surface area is 130 Å². The van der Waals surface area contributed by atoms with E-state index in [9.17, 15) is 8.42 Å². The quantitative estimate of drug-likeness (QED) is 0.811. The van der Waals surface area contributed by atoms with Gasteiger partial charge in [-0.15, -0.1) is 0 Å². The Morgan fingerprint density at radius 3 is 2.43 bits per heavy atom. The van der Waals surface area contributed by atoms with Crippen molar-refractivity contribution in [2.75, 3.05) is 40.3 Å². The fraction of sp³-hybridized carbons (Fsp3) is 1.00. The molecule has 5 nitrogen and oxygen atoms in total. The zero-order valence-electron chi connectivity index (χ0n) is 13.6. The fourth-order valence-corrected chi connectivity index (χ4v) is 5.27. The summed E-state index contributed by atoms with van der Waals surface area (Å²) in [6.07, 6.45) is 8.29. The van der Waals surface area contributed by atoms with Gasteiger partial charge in [-0.05, 0) is 51.1 Å². The van der Waals surface area contributed by atoms with E-state index in [-0.39, 0.29) is 0 Å². The van der Waals surface area contributed by atoms with Crippen LogP contribution < -0.4 is 5.32 Å². The second-order valence-corrected chi connectivity index (χ2v) is 8.75. The summed E-state index contributed by atoms with van der Waals surface area (Å²) in [5.74, 6) is 0.998. The Morgan fingerprint density at radius 2 is 1.76 bits per heavy atom. The maximum atomic E-state index is 12.7. The summed E-state index contributed by atoms with van der Waals surface area (Å²) in [5, 5.41) is 3.17. The molecule has 1 heterocycles. The van der Waals surface area contributed by atoms with Gasteiger partial charge in [0.1, 0.15) is 0 Å². The van der Waals surface area contributed by atoms with Crippen LogP contribution in [0.15, 0.2) is 0 Å². The minimum Gasteiger partial charge on any atom is -0.319 e. The standard InChI is InChI=1S/C15H31N3O2S/c1-16-11-15-9-6-10-18(13-15)21(19,20)17(2)12-14-7-4-3-5-8-14/h14-16H,3-13H2,1-2H3. The lowest BCUT2D eigenvalue weighted by Gasteiger charge is -2.35. The van der Waals surface area contributed by atoms with Crippen molar-refractivity contribution in [3.8, 4) is 0 Å². The first-order valence-electron chi connectivity index (χ1n) is 8.40. The highest BCUT2D eigenvalue weighted by molar-refractivity contribution is 7.86. The van der Waals surface area contributed by atoms with Crippen LogP contribution in [-0.2, 0) is 10.2 Å². The molecule has 0 spiro atoms. The highest BCUT2D eigenvalue weighted by Gasteiger charge is 2.32. The minimum absolute atomic E-state index is 0.446. The summed E-state index contributed by atoms with van der Waals surface area (Å²) in [7, 11) is 0.415. The van der Waals surface area contributed by atoms with E-state index in [1.807, 2.05) is 7.05 Å². The van der Waals surface area contributed by atoms with Gasteiger partial charge in [-0.25, -0.2) is 0 Å². The first-order chi connectivity index (χ1) is 10.0. The Bertz CT molecular complexity index is 405. The fourth-order valence-electron chi connectivity index (χ4n) is 3.72. The molecule has 2 rings (SSSR count). The van der Waals surface area contributed by atoms with E-state index in [4.69, 9.17) is 0 Å². The molecule has 1 saturated carbocycles. The van der Waals surface area contributed by atoms with Crippen LogP contribution in [0, 0.1) is 11.8 Å². The molecular formula is C15H31N3O2S. The van der Waals surface area contributed by atoms with Gasteiger partial charge in [0.2, 0.25) is 0 Å². The summed E-state index contributed by atoms with van der Waals surface area (Å²) < 4.78 is 28.8. The van der Waals surface area contributed by atoms with Crippen LogP contribution in [0.2, 0.25) is 0 Å². The van der Waals surface area contributed by atoms with Gasteiger partial charge < -0.3 is 5.32 Å². The Hall–Kier alpha value is -0.170. The highest BCUT2D eigenvalue weighted by Crippen LogP contribution is 2.26. The molecule has 1 aliphatic carbocycles. The van der Waals surface area contributed by atoms with Gasteiger partial charge in [-0.2, -0.15) is 17.0 Å². The number of nitrogens with one attached hydrogen (secondary N) is 1. The molecule has 6 heteroatoms. The average molecular weight is 317 g/mol. The number of piperidine rings is 1. The molecule has 1 unspecified atom stereocenters. The number of hydrogen-bond acceptors (Lipinski definition) is 3. The van der Waals surface area contributed by atoms with E-state index in [2.05, 4.69) is 5.32 Å². The van der Waals surface area contributed by atoms with E-state index >= 15 is 0 Å². The van der Waals surface area contributed by atoms with Crippen LogP contribution in [-0.4, -0.2) is 57.3 Å². The van der Waals surface area contributed by atoms with E-state index in [1.54, 1.807) is 15.7 Å². The first kappa shape index (κ1) is 17.2. The van der Waals surface area contributed by atoms with Gasteiger partial charge in [0.15, 0.2) is 0 Å². The first-order valence-corrected chi connectivity index (χ1v) is 9.79. The van der Waals surface area contributed by atoms with Crippen molar-refractivity contribution < 1.29 is 8.42 Å². The lowest BCUT2D eigenvalue weighted by Crippen LogP contribution is -2.49. The second kappa shape index (κ2) is 7.90. The summed E-state index contributed by atoms with van der Waals surface area (Å²) >= 11 is 0. The SMILES string of the molecule is CNCC1CCCN(S(=O)(=O)N(C)CC2CCCCC2)C1. The largest absolute Gasteiger partial charge is 0.319 e. The van der Waals surface area contributed by atoms with Crippen molar-refractivity contribution in [3.05, 3.63) is 0 Å². The zero-order valence-corrected chi connectivity index (χ0v) is 14.4. The van der Waals surface area contributed by atoms with Crippen molar-refractivity contribution in [3.63, 3.8) is 0 Å². The minimum atomic E-state index is -3.27. The van der Waals surface area contributed by atoms with Crippen LogP contribution in [0.1, 0.15) is 44.9 Å². The molecule has 21 heavy (non-hydrogen) atoms. The summed E-state index contributed by atoms with van der Waals surface area (Å²) in [6.45, 7) is 2.93. The molecule has 2 fully saturated rings. The Kier molecular flexibility index (Phi) is 6.47. The topological polar surface area (TPSA) is 52.7 Å². The molecular weight excluding hydrogens is 286 g/mol. The normalized spacial score (nSPS) is 26.3. The summed E-state index contributed by atoms with van der Waals surface area (Å²) in [4.78, 5) is 0. The predicted molar refractivity (Wildman–Crippen MR) is 86.3 cm³/mol. The molecule has 1 saturated heterocycles. The molecule has 1 atom stereocenters. The van der Waals surface area contributed by atoms with Crippen LogP contribution in [0.3, 0.4) is 0 Å². The lowest BCUT2D eigenvalue weighted by atomic mass is 9.89. The van der Waals surface area contributed by atoms with Crippen molar-refractivity contribution in [2.24, 2.45) is 11.8 Å². The summed E-state index contributed by atoms with van der Waals surface area (Å²) in [6, 6.07) is 0. The number of rotatable bonds is 6. The number of hydrogen-bond donors (Lipinski definition) is 1. The smallest absolute Gasteiger partial charge is 0.281 e. The third-order valence-electron chi connectivity index (χ3n) is 4.93. The van der Waals surface area contributed by atoms with Crippen molar-refractivity contribution in [1.82, 2.24) is 13.9 Å². The molecule has 0 aromatic rings. The van der Waals surface area contributed by atoms with Crippen LogP contribution >= 0.6 is 0 Å². The maximum absolute atomic E-state index is 12.7. The van der Waals surface area contributed by atoms with E-state index in [0.29, 0.717) is 31.5 Å². The molecule has 0 radical (unpaired) electrons. The van der Waals surface area contributed by atoms with E-state index in [0.717, 1.165) is 19.4 Å². The number of nitrogens with zero attached hydrogens (tertiary/aromatic N) is 2. The molecule has 2 aliphatic rings. The molecule has 0 aromatic heterocycles. The van der Waals surface area contributed by atoms with Crippen molar-refractivity contribution in [2.45, 2.75) is 44.9 Å². The second-order valence-electron chi connectivity index (χ2n) is 6.72. The molecule has 124 valence electrons. The van der Waals surface area contributed by atoms with Crippen molar-refractivity contribution in [1.29, 1.82) is 0 Å². The molecule has 0 amide bonds. The molecule has 1 aliphatic heterocycles. The lowest BCUT2D eigenvalue weighted by molar-refractivity contribution is 0.237. The predicted octanol–water partition coefficient (Wildman–Crippen LogP) is 1.67. The maximum Gasteiger partial charge on any atom is 0.281 e. The van der Waals surface area contributed by atoms with Gasteiger partial charge >= 0.3 is 0 Å². The molecule has 0 aromatic carbocycles. The third-order valence-corrected chi connectivity index (χ3v) is 6.86. The van der Waals surface area contributed by atoms with Crippen LogP contribution in [0.4, 0.5) is 0 Å². The van der Waals surface area contributed by atoms with Crippen LogP contribution in [0.25, 0.3) is 0 Å². The van der Waals surface area contributed by atoms with Gasteiger partial charge in [-0.1, -0.05) is 19.3 Å². The van der Waals surface area contributed by atoms with Gasteiger partial charge in [-0.3, -0.25) is 0 Å². The van der Waals surface area contributed by atoms with E-state index in [1.165, 1.54) is 32.1 Å². The van der Waals surface area contributed by atoms with Gasteiger partial charge in [0, 0.05) is 26.7 Å². The Morgan fingerprint density at radius 1 is 1.10 bits per heavy atom. The Balaban J connectivity index is 1.92. The van der Waals surface area contributed by atoms with Crippen LogP contribution in [0.5, 0.6) is 0 Å². The highest BCUT2D eigenvalue weighted by atomic mass is 32.2. The molecule has 1 N–H and O–H groups in total. The summed E-state index contributed by atoms with van der Waals surface area (Å²) in [5.41, 5.74) is 0. The molecule has 0 bridgehead atoms. The monoisotopic (exact) mass is 317 g/mol. The van der Waals surface area contributed by atoms with Gasteiger partial charge in [0.05, 0.1) is 0 Å². The van der Waals surface area contributed by atoms with E-state index < -0.39 is 10.2 Å². The van der Waals surface area contributed by atoms with Gasteiger partial charge in [0.25, 0.3) is 10.2 Å². The third kappa shape index (κ3) is 4.65. The average Bonchev–Trinajstić information content (AvgIpc) is 2.49. The zero-order chi connectivity index (χ0) is 15.3. The van der Waals surface area contributed by atoms with Crippen molar-refractivity contribution >= 4 is 10.2 Å².